The minimum Gasteiger partial charge on any atom is -0.448 e. The van der Waals surface area contributed by atoms with E-state index < -0.39 is 0 Å². The number of benzene rings is 3. The molecule has 0 aliphatic heterocycles. The van der Waals surface area contributed by atoms with Crippen molar-refractivity contribution >= 4 is 65.8 Å². The van der Waals surface area contributed by atoms with E-state index in [0.717, 1.165) is 60.4 Å². The van der Waals surface area contributed by atoms with Gasteiger partial charge in [0, 0.05) is 239 Å². The predicted octanol–water partition coefficient (Wildman–Crippen LogP) is 16.6. The van der Waals surface area contributed by atoms with Crippen LogP contribution < -0.4 is 0 Å². The minimum atomic E-state index is 0. The van der Waals surface area contributed by atoms with E-state index in [1.165, 1.54) is 5.39 Å². The molecule has 0 spiro atoms. The summed E-state index contributed by atoms with van der Waals surface area (Å²) in [4.78, 5) is 43.9. The third-order valence-electron chi connectivity index (χ3n) is 8.15. The van der Waals surface area contributed by atoms with Crippen LogP contribution >= 0.6 is 0 Å². The molecule has 9 heterocycles. The van der Waals surface area contributed by atoms with Crippen LogP contribution in [0.3, 0.4) is 0 Å². The van der Waals surface area contributed by atoms with Crippen molar-refractivity contribution < 1.29 is 196 Å². The number of aromatic nitrogens is 11. The smallest absolute Gasteiger partial charge is 0.0450 e. The average Bonchev–Trinajstić information content (AvgIpc) is 3.60. The molecule has 12 rings (SSSR count). The Morgan fingerprint density at radius 2 is 0.655 bits per heavy atom. The summed E-state index contributed by atoms with van der Waals surface area (Å²) in [7, 11) is 0. The Morgan fingerprint density at radius 1 is 0.286 bits per heavy atom. The third-order valence-corrected chi connectivity index (χ3v) is 8.15. The van der Waals surface area contributed by atoms with E-state index in [1.54, 1.807) is 55.4 Å². The van der Waals surface area contributed by atoms with Crippen LogP contribution in [-0.4, -0.2) is 54.8 Å². The van der Waals surface area contributed by atoms with Gasteiger partial charge in [0.1, 0.15) is 0 Å². The zero-order chi connectivity index (χ0) is 57.1. The molecule has 0 saturated carbocycles. The SMILES string of the molecule is C[CH-]C.C[CH-]C.C[CH-]C.C[CH-]C.C[CH-]C.C[CH-]C.[Y].[Y].[Y].[Y].[Y].[Y].[c-]1ccc2ccccc2n1.[c-]1ccc2cccnc2n1.[c-]1ccc2cnccc2n1.[c-]1ccc2ncccc2n1.[c-]1cnc2ccccc2n1.[c-]1ncc2ccccc2n1. The fraction of sp³-hybridized carbons (Fsp3) is 0.179. The van der Waals surface area contributed by atoms with Gasteiger partial charge in [-0.05, 0) is 39.8 Å². The van der Waals surface area contributed by atoms with Crippen LogP contribution in [0.2, 0.25) is 0 Å². The van der Waals surface area contributed by atoms with Crippen LogP contribution in [0.5, 0.6) is 0 Å². The largest absolute Gasteiger partial charge is 0.448 e. The number of pyridine rings is 7. The Bertz CT molecular complexity index is 2350. The van der Waals surface area contributed by atoms with Gasteiger partial charge in [-0.3, -0.25) is 15.0 Å². The minimum absolute atomic E-state index is 0. The van der Waals surface area contributed by atoms with E-state index in [1.807, 2.05) is 255 Å². The van der Waals surface area contributed by atoms with Crippen molar-refractivity contribution in [3.63, 3.8) is 0 Å². The third kappa shape index (κ3) is 44.5. The van der Waals surface area contributed by atoms with E-state index in [4.69, 9.17) is 0 Å². The molecular weight excluding hydrogens is 1490 g/mol. The Labute approximate surface area is 654 Å². The van der Waals surface area contributed by atoms with E-state index in [2.05, 4.69) is 92.1 Å². The van der Waals surface area contributed by atoms with Gasteiger partial charge in [0.05, 0.1) is 0 Å². The van der Waals surface area contributed by atoms with Crippen molar-refractivity contribution in [3.05, 3.63) is 265 Å². The number of fused-ring (bicyclic) bond motifs is 6. The topological polar surface area (TPSA) is 142 Å². The molecule has 6 radical (unpaired) electrons. The summed E-state index contributed by atoms with van der Waals surface area (Å²) in [5.74, 6) is 0. The number of hydrogen-bond acceptors (Lipinski definition) is 11. The van der Waals surface area contributed by atoms with E-state index >= 15 is 0 Å². The van der Waals surface area contributed by atoms with Crippen molar-refractivity contribution in [2.45, 2.75) is 83.1 Å². The maximum atomic E-state index is 4.10. The number of rotatable bonds is 0. The Kier molecular flexibility index (Phi) is 74.3. The van der Waals surface area contributed by atoms with Gasteiger partial charge in [-0.15, -0.1) is 23.7 Å². The maximum Gasteiger partial charge on any atom is 0.0450 e. The second kappa shape index (κ2) is 67.0. The first-order chi connectivity index (χ1) is 38.3. The van der Waals surface area contributed by atoms with Crippen molar-refractivity contribution in [1.82, 2.24) is 54.8 Å². The fourth-order valence-electron chi connectivity index (χ4n) is 5.29. The zero-order valence-electron chi connectivity index (χ0n) is 50.7. The molecule has 17 heteroatoms. The van der Waals surface area contributed by atoms with Gasteiger partial charge in [0.25, 0.3) is 0 Å². The molecule has 0 aliphatic rings. The zero-order valence-corrected chi connectivity index (χ0v) is 67.8. The average molecular weight is 1570 g/mol. The summed E-state index contributed by atoms with van der Waals surface area (Å²) in [5.41, 5.74) is 7.27. The quantitative estimate of drug-likeness (QED) is 0.134. The molecule has 0 fully saturated rings. The summed E-state index contributed by atoms with van der Waals surface area (Å²) < 4.78 is 0. The van der Waals surface area contributed by atoms with Gasteiger partial charge in [0.15, 0.2) is 0 Å². The summed E-state index contributed by atoms with van der Waals surface area (Å²) in [6, 6.07) is 48.0. The van der Waals surface area contributed by atoms with Gasteiger partial charge in [0.2, 0.25) is 0 Å². The monoisotopic (exact) mass is 1570 g/mol. The van der Waals surface area contributed by atoms with Crippen LogP contribution in [0.1, 0.15) is 83.1 Å². The molecule has 0 saturated heterocycles. The molecule has 3 aromatic carbocycles. The van der Waals surface area contributed by atoms with Crippen LogP contribution in [0.15, 0.2) is 189 Å². The normalized spacial score (nSPS) is 8.43. The van der Waals surface area contributed by atoms with Crippen molar-refractivity contribution in [2.75, 3.05) is 0 Å². The second-order valence-electron chi connectivity index (χ2n) is 15.6. The molecule has 426 valence electrons. The first kappa shape index (κ1) is 93.2. The molecule has 0 unspecified atom stereocenters. The van der Waals surface area contributed by atoms with Gasteiger partial charge in [-0.1, -0.05) is 144 Å². The molecule has 0 atom stereocenters. The van der Waals surface area contributed by atoms with Crippen molar-refractivity contribution in [3.8, 4) is 0 Å². The first-order valence-electron chi connectivity index (χ1n) is 25.3. The first-order valence-corrected chi connectivity index (χ1v) is 25.3. The molecule has 12 aromatic rings. The molecule has 0 N–H and O–H groups in total. The summed E-state index contributed by atoms with van der Waals surface area (Å²) in [6.07, 6.45) is 38.5. The standard InChI is InChI=1S/C9H6N.5C8H5N2.6C3H7.6Y/c1-2-6-9-8(4-1)5-3-7-10-9;1-3-7-8(9-5-1)4-2-6-10-7;1-3-7-4-2-6-10-8(7)9-5-1;1-2-7-6-9-5-3-8(7)10-4-1;1-2-4-8-7(3-1)5-9-6-10-8;1-2-4-8-7(3-1)9-5-6-10-8;6*1-3-2;;;;;;/h1-6H;2*1-5H;1-3,5-6H;2*1-5H;6*3H,1-2H3;;;;;;/q12*-1;;;;;;. The van der Waals surface area contributed by atoms with Gasteiger partial charge >= 0.3 is 0 Å². The molecule has 0 amide bonds. The van der Waals surface area contributed by atoms with Crippen LogP contribution in [0.25, 0.3) is 65.8 Å². The van der Waals surface area contributed by atoms with Crippen LogP contribution in [-0.2, 0) is 196 Å². The summed E-state index contributed by atoms with van der Waals surface area (Å²) in [6.45, 7) is 24.0. The number of para-hydroxylation sites is 4. The van der Waals surface area contributed by atoms with Crippen LogP contribution in [0, 0.1) is 75.8 Å². The van der Waals surface area contributed by atoms with E-state index in [0.29, 0.717) is 0 Å². The van der Waals surface area contributed by atoms with Gasteiger partial charge < -0.3 is 78.4 Å². The summed E-state index contributed by atoms with van der Waals surface area (Å²) in [5, 5.41) is 4.34. The molecule has 0 bridgehead atoms. The predicted molar refractivity (Wildman–Crippen MR) is 326 cm³/mol. The van der Waals surface area contributed by atoms with Gasteiger partial charge in [-0.25, -0.2) is 0 Å². The molecule has 0 aliphatic carbocycles. The van der Waals surface area contributed by atoms with E-state index in [9.17, 15) is 0 Å². The number of hydrogen-bond donors (Lipinski definition) is 0. The molecule has 11 nitrogen and oxygen atoms in total. The molecular formula is C67H73N11Y6-12. The van der Waals surface area contributed by atoms with Crippen molar-refractivity contribution in [1.29, 1.82) is 0 Å². The maximum absolute atomic E-state index is 4.10. The Morgan fingerprint density at radius 3 is 1.18 bits per heavy atom. The van der Waals surface area contributed by atoms with Gasteiger partial charge in [-0.2, -0.15) is 126 Å². The molecule has 9 aromatic heterocycles. The van der Waals surface area contributed by atoms with Crippen molar-refractivity contribution in [2.24, 2.45) is 0 Å². The number of nitrogens with zero attached hydrogens (tertiary/aromatic N) is 11. The second-order valence-corrected chi connectivity index (χ2v) is 15.6. The Hall–Kier alpha value is -1.95. The molecule has 84 heavy (non-hydrogen) atoms. The summed E-state index contributed by atoms with van der Waals surface area (Å²) >= 11 is 0. The van der Waals surface area contributed by atoms with Crippen LogP contribution in [0.4, 0.5) is 0 Å². The van der Waals surface area contributed by atoms with E-state index in [-0.39, 0.29) is 196 Å². The Balaban J connectivity index is -0.000000203. The fourth-order valence-corrected chi connectivity index (χ4v) is 5.29.